The number of carbonyl (C=O) groups excluding carboxylic acids is 1. The number of urea groups is 1. The highest BCUT2D eigenvalue weighted by Crippen LogP contribution is 2.33. The molecule has 0 aliphatic carbocycles. The highest BCUT2D eigenvalue weighted by Gasteiger charge is 2.30. The highest BCUT2D eigenvalue weighted by molar-refractivity contribution is 5.87. The van der Waals surface area contributed by atoms with Crippen LogP contribution in [0, 0.1) is 12.7 Å². The third-order valence-electron chi connectivity index (χ3n) is 4.75. The number of aromatic carboxylic acids is 1. The molecule has 2 N–H and O–H groups in total. The van der Waals surface area contributed by atoms with E-state index < -0.39 is 5.97 Å². The van der Waals surface area contributed by atoms with E-state index in [4.69, 9.17) is 5.11 Å². The summed E-state index contributed by atoms with van der Waals surface area (Å²) in [5.41, 5.74) is 2.87. The van der Waals surface area contributed by atoms with Crippen molar-refractivity contribution >= 4 is 12.0 Å². The first-order valence-corrected chi connectivity index (χ1v) is 8.58. The lowest BCUT2D eigenvalue weighted by Crippen LogP contribution is -2.39. The number of nitrogens with one attached hydrogen (secondary N) is 1. The number of halogens is 1. The third kappa shape index (κ3) is 3.85. The molecule has 0 aromatic heterocycles. The van der Waals surface area contributed by atoms with Gasteiger partial charge < -0.3 is 15.3 Å². The van der Waals surface area contributed by atoms with E-state index in [9.17, 15) is 14.0 Å². The molecule has 0 spiro atoms. The molecular weight excluding hydrogens is 335 g/mol. The molecule has 1 unspecified atom stereocenters. The number of aryl methyl sites for hydroxylation is 1. The average molecular weight is 356 g/mol. The summed E-state index contributed by atoms with van der Waals surface area (Å²) >= 11 is 0. The molecule has 1 fully saturated rings. The van der Waals surface area contributed by atoms with Gasteiger partial charge >= 0.3 is 12.0 Å². The Morgan fingerprint density at radius 2 is 1.96 bits per heavy atom. The second kappa shape index (κ2) is 7.56. The second-order valence-corrected chi connectivity index (χ2v) is 6.51. The molecule has 0 saturated carbocycles. The Balaban J connectivity index is 1.65. The molecule has 0 radical (unpaired) electrons. The summed E-state index contributed by atoms with van der Waals surface area (Å²) in [5.74, 6) is -1.25. The van der Waals surface area contributed by atoms with Gasteiger partial charge in [0.25, 0.3) is 0 Å². The van der Waals surface area contributed by atoms with Crippen molar-refractivity contribution in [1.82, 2.24) is 10.2 Å². The fourth-order valence-electron chi connectivity index (χ4n) is 3.39. The summed E-state index contributed by atoms with van der Waals surface area (Å²) in [5, 5.41) is 11.8. The summed E-state index contributed by atoms with van der Waals surface area (Å²) in [7, 11) is 0. The molecule has 5 nitrogen and oxygen atoms in total. The van der Waals surface area contributed by atoms with E-state index in [2.05, 4.69) is 5.32 Å². The lowest BCUT2D eigenvalue weighted by Gasteiger charge is -2.26. The Labute approximate surface area is 151 Å². The molecule has 1 atom stereocenters. The van der Waals surface area contributed by atoms with Crippen molar-refractivity contribution < 1.29 is 19.1 Å². The number of carboxylic acid groups (broad SMARTS) is 1. The lowest BCUT2D eigenvalue weighted by atomic mass is 9.99. The SMILES string of the molecule is Cc1cc(F)ccc1C1CCCN1C(=O)NCc1ccc(C(=O)O)cc1. The van der Waals surface area contributed by atoms with Crippen LogP contribution in [0.2, 0.25) is 0 Å². The second-order valence-electron chi connectivity index (χ2n) is 6.51. The maximum Gasteiger partial charge on any atom is 0.335 e. The molecule has 1 heterocycles. The largest absolute Gasteiger partial charge is 0.478 e. The number of rotatable bonds is 4. The molecule has 1 aliphatic heterocycles. The Hall–Kier alpha value is -2.89. The van der Waals surface area contributed by atoms with Gasteiger partial charge in [-0.15, -0.1) is 0 Å². The van der Waals surface area contributed by atoms with Gasteiger partial charge in [0, 0.05) is 13.1 Å². The van der Waals surface area contributed by atoms with Crippen LogP contribution in [0.25, 0.3) is 0 Å². The third-order valence-corrected chi connectivity index (χ3v) is 4.75. The molecule has 1 aliphatic rings. The zero-order valence-electron chi connectivity index (χ0n) is 14.5. The highest BCUT2D eigenvalue weighted by atomic mass is 19.1. The van der Waals surface area contributed by atoms with Gasteiger partial charge in [-0.25, -0.2) is 14.0 Å². The summed E-state index contributed by atoms with van der Waals surface area (Å²) < 4.78 is 13.3. The van der Waals surface area contributed by atoms with E-state index in [-0.39, 0.29) is 23.5 Å². The van der Waals surface area contributed by atoms with Crippen LogP contribution in [-0.2, 0) is 6.54 Å². The molecular formula is C20H21FN2O3. The Morgan fingerprint density at radius 3 is 2.62 bits per heavy atom. The molecule has 0 bridgehead atoms. The van der Waals surface area contributed by atoms with Gasteiger partial charge in [0.05, 0.1) is 11.6 Å². The molecule has 136 valence electrons. The minimum atomic E-state index is -0.977. The number of carboxylic acids is 1. The molecule has 2 amide bonds. The van der Waals surface area contributed by atoms with Crippen LogP contribution in [-0.4, -0.2) is 28.6 Å². The maximum atomic E-state index is 13.3. The molecule has 6 heteroatoms. The van der Waals surface area contributed by atoms with Crippen LogP contribution in [0.15, 0.2) is 42.5 Å². The zero-order valence-corrected chi connectivity index (χ0v) is 14.5. The Morgan fingerprint density at radius 1 is 1.23 bits per heavy atom. The fourth-order valence-corrected chi connectivity index (χ4v) is 3.39. The number of nitrogens with zero attached hydrogens (tertiary/aromatic N) is 1. The first kappa shape index (κ1) is 17.9. The van der Waals surface area contributed by atoms with Gasteiger partial charge in [-0.2, -0.15) is 0 Å². The van der Waals surface area contributed by atoms with Crippen molar-refractivity contribution in [2.45, 2.75) is 32.4 Å². The average Bonchev–Trinajstić information content (AvgIpc) is 3.09. The van der Waals surface area contributed by atoms with Crippen LogP contribution in [0.3, 0.4) is 0 Å². The first-order chi connectivity index (χ1) is 12.5. The summed E-state index contributed by atoms with van der Waals surface area (Å²) in [6.45, 7) is 2.84. The summed E-state index contributed by atoms with van der Waals surface area (Å²) in [6, 6.07) is 10.9. The summed E-state index contributed by atoms with van der Waals surface area (Å²) in [6.07, 6.45) is 1.76. The topological polar surface area (TPSA) is 69.6 Å². The van der Waals surface area contributed by atoms with Crippen LogP contribution in [0.4, 0.5) is 9.18 Å². The van der Waals surface area contributed by atoms with Crippen molar-refractivity contribution in [3.05, 3.63) is 70.5 Å². The van der Waals surface area contributed by atoms with Crippen LogP contribution in [0.1, 0.15) is 45.9 Å². The van der Waals surface area contributed by atoms with Crippen LogP contribution in [0.5, 0.6) is 0 Å². The minimum Gasteiger partial charge on any atom is -0.478 e. The quantitative estimate of drug-likeness (QED) is 0.873. The van der Waals surface area contributed by atoms with Gasteiger partial charge in [-0.3, -0.25) is 0 Å². The number of likely N-dealkylation sites (tertiary alicyclic amines) is 1. The Bertz CT molecular complexity index is 820. The first-order valence-electron chi connectivity index (χ1n) is 8.58. The van der Waals surface area contributed by atoms with E-state index in [0.717, 1.165) is 29.5 Å². The smallest absolute Gasteiger partial charge is 0.335 e. The molecule has 2 aromatic carbocycles. The predicted octanol–water partition coefficient (Wildman–Crippen LogP) is 3.88. The lowest BCUT2D eigenvalue weighted by molar-refractivity contribution is 0.0697. The number of carbonyl (C=O) groups is 2. The molecule has 26 heavy (non-hydrogen) atoms. The standard InChI is InChI=1S/C20H21FN2O3/c1-13-11-16(21)8-9-17(13)18-3-2-10-23(18)20(26)22-12-14-4-6-15(7-5-14)19(24)25/h4-9,11,18H,2-3,10,12H2,1H3,(H,22,26)(H,24,25). The van der Waals surface area contributed by atoms with Gasteiger partial charge in [0.2, 0.25) is 0 Å². The van der Waals surface area contributed by atoms with E-state index in [0.29, 0.717) is 13.1 Å². The number of benzene rings is 2. The van der Waals surface area contributed by atoms with E-state index in [1.165, 1.54) is 24.3 Å². The molecule has 2 aromatic rings. The van der Waals surface area contributed by atoms with Crippen molar-refractivity contribution in [3.63, 3.8) is 0 Å². The summed E-state index contributed by atoms with van der Waals surface area (Å²) in [4.78, 5) is 25.3. The predicted molar refractivity (Wildman–Crippen MR) is 95.5 cm³/mol. The van der Waals surface area contributed by atoms with E-state index >= 15 is 0 Å². The van der Waals surface area contributed by atoms with Crippen molar-refractivity contribution in [1.29, 1.82) is 0 Å². The monoisotopic (exact) mass is 356 g/mol. The zero-order chi connectivity index (χ0) is 18.7. The van der Waals surface area contributed by atoms with E-state index in [1.807, 2.05) is 6.92 Å². The van der Waals surface area contributed by atoms with Gasteiger partial charge in [-0.05, 0) is 60.7 Å². The van der Waals surface area contributed by atoms with Crippen molar-refractivity contribution in [2.24, 2.45) is 0 Å². The number of hydrogen-bond acceptors (Lipinski definition) is 2. The van der Waals surface area contributed by atoms with Crippen LogP contribution < -0.4 is 5.32 Å². The molecule has 3 rings (SSSR count). The minimum absolute atomic E-state index is 0.0509. The van der Waals surface area contributed by atoms with Gasteiger partial charge in [0.15, 0.2) is 0 Å². The van der Waals surface area contributed by atoms with E-state index in [1.54, 1.807) is 23.1 Å². The molecule has 1 saturated heterocycles. The van der Waals surface area contributed by atoms with Crippen LogP contribution >= 0.6 is 0 Å². The number of amides is 2. The van der Waals surface area contributed by atoms with Crippen molar-refractivity contribution in [3.8, 4) is 0 Å². The number of hydrogen-bond donors (Lipinski definition) is 2. The van der Waals surface area contributed by atoms with Crippen molar-refractivity contribution in [2.75, 3.05) is 6.54 Å². The van der Waals surface area contributed by atoms with Gasteiger partial charge in [-0.1, -0.05) is 18.2 Å². The van der Waals surface area contributed by atoms with Gasteiger partial charge in [0.1, 0.15) is 5.82 Å². The fraction of sp³-hybridized carbons (Fsp3) is 0.300. The normalized spacial score (nSPS) is 16.5. The maximum absolute atomic E-state index is 13.3. The Kier molecular flexibility index (Phi) is 5.21.